The molecule has 2 aromatic carbocycles. The normalized spacial score (nSPS) is 10.9. The average Bonchev–Trinajstić information content (AvgIpc) is 2.60. The Labute approximate surface area is 161 Å². The molecule has 0 aromatic heterocycles. The van der Waals surface area contributed by atoms with E-state index < -0.39 is 12.6 Å². The third-order valence-corrected chi connectivity index (χ3v) is 3.79. The Morgan fingerprint density at radius 1 is 1.23 bits per heavy atom. The van der Waals surface area contributed by atoms with Gasteiger partial charge in [0, 0.05) is 5.02 Å². The van der Waals surface area contributed by atoms with Crippen LogP contribution in [0.4, 0.5) is 0 Å². The lowest BCUT2D eigenvalue weighted by atomic mass is 10.0. The fraction of sp³-hybridized carbons (Fsp3) is 0.158. The quantitative estimate of drug-likeness (QED) is 0.532. The second-order valence-electron chi connectivity index (χ2n) is 5.10. The molecule has 7 heteroatoms. The Balaban J connectivity index is 2.43. The lowest BCUT2D eigenvalue weighted by Crippen LogP contribution is -2.29. The largest absolute Gasteiger partial charge is 0.546 e. The lowest BCUT2D eigenvalue weighted by Gasteiger charge is -2.15. The number of benzene rings is 2. The predicted molar refractivity (Wildman–Crippen MR) is 98.1 cm³/mol. The molecule has 0 amide bonds. The van der Waals surface area contributed by atoms with Crippen LogP contribution in [0, 0.1) is 11.3 Å². The second kappa shape index (κ2) is 9.14. The number of rotatable bonds is 7. The van der Waals surface area contributed by atoms with Crippen LogP contribution in [0.3, 0.4) is 0 Å². The second-order valence-corrected chi connectivity index (χ2v) is 5.94. The first-order valence-electron chi connectivity index (χ1n) is 7.61. The summed E-state index contributed by atoms with van der Waals surface area (Å²) in [4.78, 5) is 10.6. The monoisotopic (exact) mass is 390 g/mol. The van der Waals surface area contributed by atoms with Gasteiger partial charge in [-0.25, -0.2) is 0 Å². The number of halogens is 2. The molecular formula is C19H14Cl2NO4-. The van der Waals surface area contributed by atoms with E-state index in [4.69, 9.17) is 32.7 Å². The van der Waals surface area contributed by atoms with Crippen molar-refractivity contribution in [2.24, 2.45) is 0 Å². The number of nitrogens with zero attached hydrogens (tertiary/aromatic N) is 1. The van der Waals surface area contributed by atoms with E-state index in [9.17, 15) is 15.2 Å². The highest BCUT2D eigenvalue weighted by Gasteiger charge is 2.13. The minimum Gasteiger partial charge on any atom is -0.546 e. The van der Waals surface area contributed by atoms with Gasteiger partial charge in [0.05, 0.1) is 29.2 Å². The topological polar surface area (TPSA) is 82.4 Å². The maximum absolute atomic E-state index is 10.6. The fourth-order valence-corrected chi connectivity index (χ4v) is 2.58. The number of ether oxygens (including phenoxy) is 2. The van der Waals surface area contributed by atoms with Crippen molar-refractivity contribution in [3.8, 4) is 17.6 Å². The van der Waals surface area contributed by atoms with E-state index in [1.807, 2.05) is 0 Å². The van der Waals surface area contributed by atoms with Crippen LogP contribution in [-0.2, 0) is 4.79 Å². The van der Waals surface area contributed by atoms with Gasteiger partial charge in [0.2, 0.25) is 0 Å². The van der Waals surface area contributed by atoms with Crippen LogP contribution in [-0.4, -0.2) is 19.2 Å². The van der Waals surface area contributed by atoms with E-state index in [0.717, 1.165) is 0 Å². The van der Waals surface area contributed by atoms with Gasteiger partial charge in [0.25, 0.3) is 0 Å². The van der Waals surface area contributed by atoms with Crippen molar-refractivity contribution < 1.29 is 19.4 Å². The van der Waals surface area contributed by atoms with Crippen LogP contribution in [0.15, 0.2) is 36.4 Å². The van der Waals surface area contributed by atoms with Gasteiger partial charge in [-0.2, -0.15) is 5.26 Å². The van der Waals surface area contributed by atoms with Crippen molar-refractivity contribution in [2.75, 3.05) is 13.2 Å². The Morgan fingerprint density at radius 2 is 1.92 bits per heavy atom. The minimum absolute atomic E-state index is 0.111. The summed E-state index contributed by atoms with van der Waals surface area (Å²) in [7, 11) is 0. The molecule has 2 rings (SSSR count). The summed E-state index contributed by atoms with van der Waals surface area (Å²) in [6.45, 7) is 1.45. The maximum Gasteiger partial charge on any atom is 0.180 e. The Morgan fingerprint density at radius 3 is 2.50 bits per heavy atom. The molecule has 0 unspecified atom stereocenters. The molecule has 0 atom stereocenters. The van der Waals surface area contributed by atoms with Crippen LogP contribution in [0.2, 0.25) is 10.0 Å². The van der Waals surface area contributed by atoms with E-state index in [2.05, 4.69) is 6.07 Å². The van der Waals surface area contributed by atoms with Gasteiger partial charge in [-0.3, -0.25) is 0 Å². The third kappa shape index (κ3) is 5.16. The summed E-state index contributed by atoms with van der Waals surface area (Å²) >= 11 is 12.1. The zero-order valence-electron chi connectivity index (χ0n) is 13.8. The predicted octanol–water partition coefficient (Wildman–Crippen LogP) is 3.58. The van der Waals surface area contributed by atoms with Gasteiger partial charge >= 0.3 is 0 Å². The van der Waals surface area contributed by atoms with Crippen molar-refractivity contribution in [3.63, 3.8) is 0 Å². The van der Waals surface area contributed by atoms with Crippen molar-refractivity contribution in [1.82, 2.24) is 0 Å². The van der Waals surface area contributed by atoms with Crippen LogP contribution in [0.1, 0.15) is 18.1 Å². The summed E-state index contributed by atoms with van der Waals surface area (Å²) in [5, 5.41) is 20.8. The third-order valence-electron chi connectivity index (χ3n) is 3.25. The van der Waals surface area contributed by atoms with E-state index >= 15 is 0 Å². The van der Waals surface area contributed by atoms with Crippen LogP contribution in [0.25, 0.3) is 11.6 Å². The first kappa shape index (κ1) is 19.6. The minimum atomic E-state index is -1.37. The molecule has 2 aromatic rings. The van der Waals surface area contributed by atoms with Crippen molar-refractivity contribution in [2.45, 2.75) is 6.92 Å². The molecule has 0 aliphatic carbocycles. The molecule has 0 aliphatic heterocycles. The average molecular weight is 391 g/mol. The summed E-state index contributed by atoms with van der Waals surface area (Å²) in [6.07, 6.45) is 1.64. The molecular weight excluding hydrogens is 377 g/mol. The highest BCUT2D eigenvalue weighted by atomic mass is 35.5. The summed E-state index contributed by atoms with van der Waals surface area (Å²) in [6, 6.07) is 12.2. The number of hydrogen-bond donors (Lipinski definition) is 0. The molecule has 0 spiro atoms. The molecule has 0 aliphatic rings. The summed E-state index contributed by atoms with van der Waals surface area (Å²) in [5.74, 6) is -0.984. The van der Waals surface area contributed by atoms with Gasteiger partial charge in [0.15, 0.2) is 11.5 Å². The van der Waals surface area contributed by atoms with Gasteiger partial charge in [-0.15, -0.1) is 0 Å². The zero-order valence-corrected chi connectivity index (χ0v) is 15.3. The molecule has 5 nitrogen and oxygen atoms in total. The van der Waals surface area contributed by atoms with Gasteiger partial charge in [0.1, 0.15) is 6.61 Å². The highest BCUT2D eigenvalue weighted by Crippen LogP contribution is 2.37. The van der Waals surface area contributed by atoms with Crippen LogP contribution >= 0.6 is 23.2 Å². The summed E-state index contributed by atoms with van der Waals surface area (Å²) in [5.41, 5.74) is 1.71. The van der Waals surface area contributed by atoms with Crippen molar-refractivity contribution >= 4 is 40.8 Å². The molecule has 0 heterocycles. The van der Waals surface area contributed by atoms with E-state index in [0.29, 0.717) is 28.3 Å². The number of carboxylic acids is 1. The number of allylic oxidation sites excluding steroid dienone is 1. The summed E-state index contributed by atoms with van der Waals surface area (Å²) < 4.78 is 10.6. The van der Waals surface area contributed by atoms with Gasteiger partial charge in [-0.1, -0.05) is 35.3 Å². The molecule has 0 bridgehead atoms. The number of carbonyl (C=O) groups excluding carboxylic acids is 1. The van der Waals surface area contributed by atoms with Crippen LogP contribution < -0.4 is 14.6 Å². The first-order valence-corrected chi connectivity index (χ1v) is 8.37. The number of carboxylic acid groups (broad SMARTS) is 1. The molecule has 26 heavy (non-hydrogen) atoms. The van der Waals surface area contributed by atoms with Gasteiger partial charge in [-0.05, 0) is 48.4 Å². The number of hydrogen-bond acceptors (Lipinski definition) is 5. The molecule has 0 radical (unpaired) electrons. The Hall–Kier alpha value is -2.68. The molecule has 0 fully saturated rings. The SMILES string of the molecule is CCOc1cc(/C=C(\C#N)c2ccc(Cl)cc2)cc(Cl)c1OCC(=O)[O-]. The molecule has 0 saturated heterocycles. The standard InChI is InChI=1S/C19H15Cl2NO4/c1-2-25-17-9-12(8-16(21)19(17)26-11-18(23)24)7-14(10-22)13-3-5-15(20)6-4-13/h3-9H,2,11H2,1H3,(H,23,24)/p-1/b14-7+. The van der Waals surface area contributed by atoms with Gasteiger partial charge < -0.3 is 19.4 Å². The number of nitriles is 1. The van der Waals surface area contributed by atoms with Crippen LogP contribution in [0.5, 0.6) is 11.5 Å². The smallest absolute Gasteiger partial charge is 0.180 e. The number of aliphatic carboxylic acids is 1. The Bertz CT molecular complexity index is 870. The molecule has 0 N–H and O–H groups in total. The highest BCUT2D eigenvalue weighted by molar-refractivity contribution is 6.32. The first-order chi connectivity index (χ1) is 12.4. The lowest BCUT2D eigenvalue weighted by molar-refractivity contribution is -0.307. The van der Waals surface area contributed by atoms with E-state index in [-0.39, 0.29) is 16.5 Å². The zero-order chi connectivity index (χ0) is 19.1. The fourth-order valence-electron chi connectivity index (χ4n) is 2.18. The Kier molecular flexibility index (Phi) is 6.90. The van der Waals surface area contributed by atoms with Crippen molar-refractivity contribution in [3.05, 3.63) is 57.6 Å². The number of carbonyl (C=O) groups is 1. The van der Waals surface area contributed by atoms with E-state index in [1.54, 1.807) is 49.4 Å². The maximum atomic E-state index is 10.6. The van der Waals surface area contributed by atoms with E-state index in [1.165, 1.54) is 0 Å². The molecule has 0 saturated carbocycles. The van der Waals surface area contributed by atoms with Crippen molar-refractivity contribution in [1.29, 1.82) is 5.26 Å². The molecule has 134 valence electrons.